The molecule has 4 heteroatoms. The predicted octanol–water partition coefficient (Wildman–Crippen LogP) is 3.96. The molecule has 1 aromatic heterocycles. The van der Waals surface area contributed by atoms with Crippen molar-refractivity contribution >= 4 is 5.91 Å². The zero-order valence-corrected chi connectivity index (χ0v) is 13.2. The zero-order chi connectivity index (χ0) is 15.7. The van der Waals surface area contributed by atoms with Crippen LogP contribution in [0.5, 0.6) is 5.75 Å². The summed E-state index contributed by atoms with van der Waals surface area (Å²) in [5.41, 5.74) is 1.67. The number of methoxy groups -OCH3 is 1. The van der Waals surface area contributed by atoms with Gasteiger partial charge in [-0.3, -0.25) is 4.79 Å². The fraction of sp³-hybridized carbons (Fsp3) is 0.389. The van der Waals surface area contributed by atoms with Gasteiger partial charge in [-0.25, -0.2) is 0 Å². The van der Waals surface area contributed by atoms with Crippen LogP contribution in [0.15, 0.2) is 41.0 Å². The highest BCUT2D eigenvalue weighted by Crippen LogP contribution is 2.37. The van der Waals surface area contributed by atoms with Crippen LogP contribution in [0, 0.1) is 6.92 Å². The predicted molar refractivity (Wildman–Crippen MR) is 84.0 cm³/mol. The average molecular weight is 299 g/mol. The number of benzene rings is 1. The molecule has 1 aromatic carbocycles. The van der Waals surface area contributed by atoms with Crippen LogP contribution < -0.4 is 4.74 Å². The summed E-state index contributed by atoms with van der Waals surface area (Å²) in [6.07, 6.45) is 3.74. The van der Waals surface area contributed by atoms with E-state index in [0.717, 1.165) is 24.2 Å². The van der Waals surface area contributed by atoms with E-state index in [1.54, 1.807) is 13.4 Å². The largest absolute Gasteiger partial charge is 0.496 e. The van der Waals surface area contributed by atoms with E-state index < -0.39 is 0 Å². The first-order chi connectivity index (χ1) is 10.6. The number of carbonyl (C=O) groups is 1. The molecule has 0 aliphatic heterocycles. The summed E-state index contributed by atoms with van der Waals surface area (Å²) in [5.74, 6) is 1.44. The Balaban J connectivity index is 1.95. The summed E-state index contributed by atoms with van der Waals surface area (Å²) >= 11 is 0. The van der Waals surface area contributed by atoms with Crippen LogP contribution in [0.1, 0.15) is 47.5 Å². The Labute approximate surface area is 130 Å². The Morgan fingerprint density at radius 3 is 2.73 bits per heavy atom. The lowest BCUT2D eigenvalue weighted by atomic mass is 10.1. The minimum atomic E-state index is -0.0831. The van der Waals surface area contributed by atoms with Crippen LogP contribution in [0.4, 0.5) is 0 Å². The molecule has 0 saturated heterocycles. The molecule has 1 amide bonds. The fourth-order valence-electron chi connectivity index (χ4n) is 2.80. The molecule has 1 aliphatic carbocycles. The van der Waals surface area contributed by atoms with E-state index in [1.807, 2.05) is 49.1 Å². The molecule has 1 atom stereocenters. The lowest BCUT2D eigenvalue weighted by Crippen LogP contribution is -2.35. The maximum absolute atomic E-state index is 13.1. The van der Waals surface area contributed by atoms with Crippen LogP contribution in [0.25, 0.3) is 0 Å². The number of nitrogens with zero attached hydrogens (tertiary/aromatic N) is 1. The van der Waals surface area contributed by atoms with Crippen molar-refractivity contribution in [2.75, 3.05) is 7.11 Å². The van der Waals surface area contributed by atoms with Crippen LogP contribution >= 0.6 is 0 Å². The minimum absolute atomic E-state index is 0.00644. The van der Waals surface area contributed by atoms with Crippen LogP contribution in [0.2, 0.25) is 0 Å². The number of hydrogen-bond donors (Lipinski definition) is 0. The monoisotopic (exact) mass is 299 g/mol. The molecule has 22 heavy (non-hydrogen) atoms. The quantitative estimate of drug-likeness (QED) is 0.839. The van der Waals surface area contributed by atoms with Crippen molar-refractivity contribution in [2.24, 2.45) is 0 Å². The fourth-order valence-corrected chi connectivity index (χ4v) is 2.80. The molecule has 0 spiro atoms. The molecule has 1 heterocycles. The summed E-state index contributed by atoms with van der Waals surface area (Å²) in [6.45, 7) is 3.99. The molecule has 0 bridgehead atoms. The molecule has 116 valence electrons. The van der Waals surface area contributed by atoms with Crippen molar-refractivity contribution < 1.29 is 13.9 Å². The first kappa shape index (κ1) is 14.7. The molecule has 4 nitrogen and oxygen atoms in total. The van der Waals surface area contributed by atoms with Gasteiger partial charge >= 0.3 is 0 Å². The Hall–Kier alpha value is -2.23. The van der Waals surface area contributed by atoms with E-state index in [-0.39, 0.29) is 18.0 Å². The number of rotatable bonds is 5. The van der Waals surface area contributed by atoms with Crippen molar-refractivity contribution in [3.8, 4) is 5.75 Å². The molecule has 2 aromatic rings. The van der Waals surface area contributed by atoms with Crippen molar-refractivity contribution in [1.82, 2.24) is 4.90 Å². The van der Waals surface area contributed by atoms with Crippen LogP contribution in [-0.4, -0.2) is 24.0 Å². The Morgan fingerprint density at radius 2 is 2.14 bits per heavy atom. The summed E-state index contributed by atoms with van der Waals surface area (Å²) in [5, 5.41) is 0. The molecular weight excluding hydrogens is 278 g/mol. The van der Waals surface area contributed by atoms with E-state index in [9.17, 15) is 4.79 Å². The first-order valence-corrected chi connectivity index (χ1v) is 7.62. The van der Waals surface area contributed by atoms with Crippen molar-refractivity contribution in [3.63, 3.8) is 0 Å². The molecule has 1 saturated carbocycles. The number of amides is 1. The topological polar surface area (TPSA) is 42.7 Å². The average Bonchev–Trinajstić information content (AvgIpc) is 3.19. The molecule has 3 rings (SSSR count). The van der Waals surface area contributed by atoms with Gasteiger partial charge in [0, 0.05) is 6.04 Å². The van der Waals surface area contributed by atoms with E-state index in [0.29, 0.717) is 11.3 Å². The second-order valence-corrected chi connectivity index (χ2v) is 5.84. The first-order valence-electron chi connectivity index (χ1n) is 7.62. The van der Waals surface area contributed by atoms with E-state index in [1.165, 1.54) is 0 Å². The van der Waals surface area contributed by atoms with Gasteiger partial charge in [0.05, 0.1) is 25.0 Å². The van der Waals surface area contributed by atoms with Gasteiger partial charge in [-0.2, -0.15) is 0 Å². The molecule has 0 N–H and O–H groups in total. The molecular formula is C18H21NO3. The highest BCUT2D eigenvalue weighted by molar-refractivity contribution is 5.97. The standard InChI is InChI=1S/C18H21NO3/c1-12-6-9-17(21-3)15(11-12)18(20)19(14-7-8-14)13(2)16-5-4-10-22-16/h4-6,9-11,13-14H,7-8H2,1-3H3. The maximum Gasteiger partial charge on any atom is 0.258 e. The van der Waals surface area contributed by atoms with Gasteiger partial charge in [-0.15, -0.1) is 0 Å². The van der Waals surface area contributed by atoms with E-state index >= 15 is 0 Å². The SMILES string of the molecule is COc1ccc(C)cc1C(=O)N(C1CC1)C(C)c1ccco1. The van der Waals surface area contributed by atoms with Gasteiger partial charge in [0.25, 0.3) is 5.91 Å². The number of hydrogen-bond acceptors (Lipinski definition) is 3. The summed E-state index contributed by atoms with van der Waals surface area (Å²) < 4.78 is 10.9. The highest BCUT2D eigenvalue weighted by Gasteiger charge is 2.38. The normalized spacial score (nSPS) is 15.4. The second-order valence-electron chi connectivity index (χ2n) is 5.84. The lowest BCUT2D eigenvalue weighted by molar-refractivity contribution is 0.0649. The zero-order valence-electron chi connectivity index (χ0n) is 13.2. The second kappa shape index (κ2) is 5.87. The van der Waals surface area contributed by atoms with E-state index in [4.69, 9.17) is 9.15 Å². The molecule has 1 aliphatic rings. The third kappa shape index (κ3) is 2.73. The minimum Gasteiger partial charge on any atom is -0.496 e. The number of aryl methyl sites for hydroxylation is 1. The molecule has 1 fully saturated rings. The third-order valence-electron chi connectivity index (χ3n) is 4.13. The van der Waals surface area contributed by atoms with Crippen molar-refractivity contribution in [1.29, 1.82) is 0 Å². The van der Waals surface area contributed by atoms with E-state index in [2.05, 4.69) is 0 Å². The molecule has 1 unspecified atom stereocenters. The summed E-state index contributed by atoms with van der Waals surface area (Å²) in [6, 6.07) is 9.68. The van der Waals surface area contributed by atoms with Crippen molar-refractivity contribution in [2.45, 2.75) is 38.8 Å². The number of ether oxygens (including phenoxy) is 1. The Morgan fingerprint density at radius 1 is 1.36 bits per heavy atom. The molecule has 0 radical (unpaired) electrons. The Bertz CT molecular complexity index is 659. The van der Waals surface area contributed by atoms with Crippen molar-refractivity contribution in [3.05, 3.63) is 53.5 Å². The number of furan rings is 1. The number of carbonyl (C=O) groups excluding carboxylic acids is 1. The third-order valence-corrected chi connectivity index (χ3v) is 4.13. The van der Waals surface area contributed by atoms with Gasteiger partial charge in [0.15, 0.2) is 0 Å². The maximum atomic E-state index is 13.1. The van der Waals surface area contributed by atoms with Gasteiger partial charge in [0.2, 0.25) is 0 Å². The smallest absolute Gasteiger partial charge is 0.258 e. The van der Waals surface area contributed by atoms with Gasteiger partial charge < -0.3 is 14.1 Å². The Kier molecular flexibility index (Phi) is 3.92. The summed E-state index contributed by atoms with van der Waals surface area (Å²) in [4.78, 5) is 15.0. The van der Waals surface area contributed by atoms with Gasteiger partial charge in [-0.05, 0) is 51.0 Å². The lowest BCUT2D eigenvalue weighted by Gasteiger charge is -2.28. The van der Waals surface area contributed by atoms with Crippen LogP contribution in [0.3, 0.4) is 0 Å². The van der Waals surface area contributed by atoms with Gasteiger partial charge in [0.1, 0.15) is 11.5 Å². The summed E-state index contributed by atoms with van der Waals surface area (Å²) in [7, 11) is 1.60. The highest BCUT2D eigenvalue weighted by atomic mass is 16.5. The van der Waals surface area contributed by atoms with Gasteiger partial charge in [-0.1, -0.05) is 11.6 Å². The van der Waals surface area contributed by atoms with Crippen LogP contribution in [-0.2, 0) is 0 Å².